The van der Waals surface area contributed by atoms with E-state index in [-0.39, 0.29) is 11.7 Å². The van der Waals surface area contributed by atoms with Crippen molar-refractivity contribution in [2.24, 2.45) is 0 Å². The van der Waals surface area contributed by atoms with Crippen molar-refractivity contribution >= 4 is 17.7 Å². The van der Waals surface area contributed by atoms with E-state index in [1.807, 2.05) is 25.1 Å². The molecule has 1 aliphatic rings. The van der Waals surface area contributed by atoms with Gasteiger partial charge in [-0.25, -0.2) is 4.68 Å². The monoisotopic (exact) mass is 391 g/mol. The summed E-state index contributed by atoms with van der Waals surface area (Å²) < 4.78 is 12.1. The van der Waals surface area contributed by atoms with Crippen molar-refractivity contribution in [1.82, 2.24) is 19.8 Å². The van der Waals surface area contributed by atoms with Crippen LogP contribution in [0.2, 0.25) is 0 Å². The fourth-order valence-corrected chi connectivity index (χ4v) is 3.57. The minimum atomic E-state index is 0.0215. The maximum atomic E-state index is 12.6. The molecule has 1 amide bonds. The zero-order chi connectivity index (χ0) is 19.4. The van der Waals surface area contributed by atoms with Gasteiger partial charge in [-0.2, -0.15) is 0 Å². The lowest BCUT2D eigenvalue weighted by molar-refractivity contribution is -0.128. The van der Waals surface area contributed by atoms with Crippen molar-refractivity contribution in [3.8, 4) is 11.5 Å². The molecule has 1 aromatic carbocycles. The van der Waals surface area contributed by atoms with Gasteiger partial charge in [0.1, 0.15) is 0 Å². The minimum absolute atomic E-state index is 0.0215. The lowest BCUT2D eigenvalue weighted by atomic mass is 10.2. The molecule has 0 bridgehead atoms. The third-order valence-corrected chi connectivity index (χ3v) is 5.44. The van der Waals surface area contributed by atoms with Crippen LogP contribution < -0.4 is 15.3 Å². The number of benzene rings is 1. The summed E-state index contributed by atoms with van der Waals surface area (Å²) in [5.41, 5.74) is 0.978. The van der Waals surface area contributed by atoms with Gasteiger partial charge in [0.2, 0.25) is 11.1 Å². The Kier molecular flexibility index (Phi) is 6.10. The molecule has 9 heteroatoms. The molecule has 8 nitrogen and oxygen atoms in total. The fraction of sp³-hybridized carbons (Fsp3) is 0.500. The molecule has 1 heterocycles. The molecule has 27 heavy (non-hydrogen) atoms. The number of nitrogens with two attached hydrogens (primary N) is 1. The normalized spacial score (nSPS) is 13.4. The standard InChI is InChI=1S/C18H25N5O3S/c1-4-22(10-12-5-8-14(25-2)15(9-12)26-3)16(24)11-27-18-21-20-17(23(18)19)13-6-7-13/h5,8-9,13H,4,6-7,10-11,19H2,1-3H3. The molecule has 0 spiro atoms. The van der Waals surface area contributed by atoms with Crippen LogP contribution in [0.15, 0.2) is 23.4 Å². The Hall–Kier alpha value is -2.42. The summed E-state index contributed by atoms with van der Waals surface area (Å²) in [6, 6.07) is 5.67. The zero-order valence-corrected chi connectivity index (χ0v) is 16.7. The van der Waals surface area contributed by atoms with Crippen LogP contribution in [0.5, 0.6) is 11.5 Å². The molecule has 146 valence electrons. The number of amides is 1. The van der Waals surface area contributed by atoms with E-state index in [9.17, 15) is 4.79 Å². The summed E-state index contributed by atoms with van der Waals surface area (Å²) in [4.78, 5) is 14.4. The highest BCUT2D eigenvalue weighted by molar-refractivity contribution is 7.99. The van der Waals surface area contributed by atoms with Crippen LogP contribution >= 0.6 is 11.8 Å². The molecule has 1 aromatic heterocycles. The molecule has 0 radical (unpaired) electrons. The number of carbonyl (C=O) groups is 1. The van der Waals surface area contributed by atoms with Gasteiger partial charge in [0.15, 0.2) is 17.3 Å². The van der Waals surface area contributed by atoms with Crippen LogP contribution in [-0.4, -0.2) is 52.2 Å². The number of nitrogens with zero attached hydrogens (tertiary/aromatic N) is 4. The number of rotatable bonds is 9. The Morgan fingerprint density at radius 1 is 1.30 bits per heavy atom. The van der Waals surface area contributed by atoms with Gasteiger partial charge in [0.05, 0.1) is 20.0 Å². The molecular formula is C18H25N5O3S. The predicted octanol–water partition coefficient (Wildman–Crippen LogP) is 2.03. The summed E-state index contributed by atoms with van der Waals surface area (Å²) >= 11 is 1.32. The molecule has 0 atom stereocenters. The van der Waals surface area contributed by atoms with Crippen LogP contribution in [0.3, 0.4) is 0 Å². The van der Waals surface area contributed by atoms with E-state index in [4.69, 9.17) is 15.3 Å². The molecule has 0 aliphatic heterocycles. The summed E-state index contributed by atoms with van der Waals surface area (Å²) in [5, 5.41) is 8.83. The lowest BCUT2D eigenvalue weighted by Gasteiger charge is -2.21. The molecule has 2 N–H and O–H groups in total. The highest BCUT2D eigenvalue weighted by Gasteiger charge is 2.30. The van der Waals surface area contributed by atoms with E-state index in [0.29, 0.717) is 35.7 Å². The number of ether oxygens (including phenoxy) is 2. The van der Waals surface area contributed by atoms with E-state index < -0.39 is 0 Å². The van der Waals surface area contributed by atoms with E-state index in [1.165, 1.54) is 16.4 Å². The van der Waals surface area contributed by atoms with Gasteiger partial charge < -0.3 is 20.2 Å². The minimum Gasteiger partial charge on any atom is -0.493 e. The number of hydrogen-bond donors (Lipinski definition) is 1. The molecule has 0 unspecified atom stereocenters. The van der Waals surface area contributed by atoms with E-state index in [2.05, 4.69) is 10.2 Å². The Morgan fingerprint density at radius 3 is 2.67 bits per heavy atom. The van der Waals surface area contributed by atoms with Crippen molar-refractivity contribution in [2.45, 2.75) is 37.4 Å². The van der Waals surface area contributed by atoms with Crippen LogP contribution in [0, 0.1) is 0 Å². The van der Waals surface area contributed by atoms with Gasteiger partial charge in [-0.05, 0) is 37.5 Å². The van der Waals surface area contributed by atoms with Gasteiger partial charge in [-0.1, -0.05) is 17.8 Å². The zero-order valence-electron chi connectivity index (χ0n) is 15.8. The van der Waals surface area contributed by atoms with Gasteiger partial charge in [0.25, 0.3) is 0 Å². The summed E-state index contributed by atoms with van der Waals surface area (Å²) in [5.74, 6) is 8.87. The number of methoxy groups -OCH3 is 2. The first-order valence-electron chi connectivity index (χ1n) is 8.89. The number of thioether (sulfide) groups is 1. The molecule has 1 saturated carbocycles. The van der Waals surface area contributed by atoms with Gasteiger partial charge in [0, 0.05) is 19.0 Å². The van der Waals surface area contributed by atoms with E-state index >= 15 is 0 Å². The predicted molar refractivity (Wildman–Crippen MR) is 104 cm³/mol. The molecule has 0 saturated heterocycles. The van der Waals surface area contributed by atoms with E-state index in [0.717, 1.165) is 24.2 Å². The summed E-state index contributed by atoms with van der Waals surface area (Å²) in [7, 11) is 3.20. The molecule has 1 fully saturated rings. The van der Waals surface area contributed by atoms with Crippen molar-refractivity contribution in [3.05, 3.63) is 29.6 Å². The van der Waals surface area contributed by atoms with Crippen molar-refractivity contribution < 1.29 is 14.3 Å². The van der Waals surface area contributed by atoms with Gasteiger partial charge in [-0.15, -0.1) is 10.2 Å². The molecule has 1 aliphatic carbocycles. The second-order valence-electron chi connectivity index (χ2n) is 6.37. The second kappa shape index (κ2) is 8.51. The quantitative estimate of drug-likeness (QED) is 0.516. The fourth-order valence-electron chi connectivity index (χ4n) is 2.80. The second-order valence-corrected chi connectivity index (χ2v) is 7.31. The molecular weight excluding hydrogens is 366 g/mol. The third-order valence-electron chi connectivity index (χ3n) is 4.51. The SMILES string of the molecule is CCN(Cc1ccc(OC)c(OC)c1)C(=O)CSc1nnc(C2CC2)n1N. The summed E-state index contributed by atoms with van der Waals surface area (Å²) in [6.45, 7) is 3.06. The molecule has 2 aromatic rings. The number of aromatic nitrogens is 3. The maximum absolute atomic E-state index is 12.6. The number of carbonyl (C=O) groups excluding carboxylic acids is 1. The largest absolute Gasteiger partial charge is 0.493 e. The number of hydrogen-bond acceptors (Lipinski definition) is 7. The average Bonchev–Trinajstić information content (AvgIpc) is 3.47. The first kappa shape index (κ1) is 19.3. The lowest BCUT2D eigenvalue weighted by Crippen LogP contribution is -2.32. The highest BCUT2D eigenvalue weighted by Crippen LogP contribution is 2.39. The molecule has 3 rings (SSSR count). The topological polar surface area (TPSA) is 95.5 Å². The van der Waals surface area contributed by atoms with E-state index in [1.54, 1.807) is 19.1 Å². The maximum Gasteiger partial charge on any atom is 0.233 e. The van der Waals surface area contributed by atoms with Crippen LogP contribution in [0.4, 0.5) is 0 Å². The van der Waals surface area contributed by atoms with Crippen LogP contribution in [0.25, 0.3) is 0 Å². The van der Waals surface area contributed by atoms with Gasteiger partial charge >= 0.3 is 0 Å². The number of nitrogen functional groups attached to an aromatic ring is 1. The average molecular weight is 391 g/mol. The third kappa shape index (κ3) is 4.47. The van der Waals surface area contributed by atoms with Crippen LogP contribution in [0.1, 0.15) is 37.1 Å². The van der Waals surface area contributed by atoms with Crippen molar-refractivity contribution in [3.63, 3.8) is 0 Å². The Balaban J connectivity index is 1.60. The van der Waals surface area contributed by atoms with Gasteiger partial charge in [-0.3, -0.25) is 4.79 Å². The highest BCUT2D eigenvalue weighted by atomic mass is 32.2. The van der Waals surface area contributed by atoms with Crippen molar-refractivity contribution in [2.75, 3.05) is 32.4 Å². The Morgan fingerprint density at radius 2 is 2.04 bits per heavy atom. The smallest absolute Gasteiger partial charge is 0.233 e. The first-order chi connectivity index (χ1) is 13.1. The van der Waals surface area contributed by atoms with Crippen LogP contribution in [-0.2, 0) is 11.3 Å². The Labute approximate surface area is 163 Å². The Bertz CT molecular complexity index is 806. The summed E-state index contributed by atoms with van der Waals surface area (Å²) in [6.07, 6.45) is 2.21. The van der Waals surface area contributed by atoms with Crippen molar-refractivity contribution in [1.29, 1.82) is 0 Å². The first-order valence-corrected chi connectivity index (χ1v) is 9.87.